The summed E-state index contributed by atoms with van der Waals surface area (Å²) in [6.07, 6.45) is -3.03. The largest absolute Gasteiger partial charge is 0.496 e. The van der Waals surface area contributed by atoms with Gasteiger partial charge in [-0.05, 0) is 24.6 Å². The molecule has 23 heavy (non-hydrogen) atoms. The lowest BCUT2D eigenvalue weighted by Crippen LogP contribution is -2.44. The number of alkyl halides is 3. The van der Waals surface area contributed by atoms with E-state index in [4.69, 9.17) is 4.74 Å². The number of piperidine rings is 1. The van der Waals surface area contributed by atoms with Crippen LogP contribution in [0.4, 0.5) is 13.2 Å². The van der Waals surface area contributed by atoms with E-state index in [0.29, 0.717) is 30.8 Å². The third kappa shape index (κ3) is 3.44. The molecular formula is C16H19F3N2O2. The first kappa shape index (κ1) is 16.1. The van der Waals surface area contributed by atoms with Gasteiger partial charge >= 0.3 is 6.18 Å². The number of hydrogen-bond acceptors (Lipinski definition) is 3. The Bertz CT molecular complexity index is 603. The van der Waals surface area contributed by atoms with E-state index in [0.717, 1.165) is 25.1 Å². The van der Waals surface area contributed by atoms with Gasteiger partial charge in [0.15, 0.2) is 0 Å². The van der Waals surface area contributed by atoms with E-state index in [2.05, 4.69) is 10.2 Å². The number of benzene rings is 1. The summed E-state index contributed by atoms with van der Waals surface area (Å²) in [7, 11) is 1.46. The highest BCUT2D eigenvalue weighted by atomic mass is 19.4. The summed E-state index contributed by atoms with van der Waals surface area (Å²) >= 11 is 0. The molecule has 2 aliphatic heterocycles. The fourth-order valence-electron chi connectivity index (χ4n) is 3.47. The van der Waals surface area contributed by atoms with Gasteiger partial charge in [-0.15, -0.1) is 0 Å². The second-order valence-corrected chi connectivity index (χ2v) is 6.19. The summed E-state index contributed by atoms with van der Waals surface area (Å²) in [5, 5.41) is 2.95. The van der Waals surface area contributed by atoms with Gasteiger partial charge in [-0.1, -0.05) is 0 Å². The number of amides is 1. The SMILES string of the molecule is COc1ccc(C(F)(F)F)cc1CN1CC[C@@H]2NC(=O)C[C@@H]2C1. The van der Waals surface area contributed by atoms with E-state index in [1.807, 2.05) is 0 Å². The van der Waals surface area contributed by atoms with Crippen molar-refractivity contribution in [3.05, 3.63) is 29.3 Å². The summed E-state index contributed by atoms with van der Waals surface area (Å²) in [4.78, 5) is 13.6. The highest BCUT2D eigenvalue weighted by Gasteiger charge is 2.37. The van der Waals surface area contributed by atoms with Crippen LogP contribution in [-0.4, -0.2) is 37.0 Å². The van der Waals surface area contributed by atoms with Crippen molar-refractivity contribution >= 4 is 5.91 Å². The quantitative estimate of drug-likeness (QED) is 0.927. The number of carbonyl (C=O) groups excluding carboxylic acids is 1. The molecule has 2 heterocycles. The molecule has 2 saturated heterocycles. The Labute approximate surface area is 132 Å². The highest BCUT2D eigenvalue weighted by molar-refractivity contribution is 5.79. The molecule has 0 unspecified atom stereocenters. The van der Waals surface area contributed by atoms with Crippen LogP contribution in [0.15, 0.2) is 18.2 Å². The molecule has 1 amide bonds. The van der Waals surface area contributed by atoms with E-state index < -0.39 is 11.7 Å². The molecule has 0 spiro atoms. The van der Waals surface area contributed by atoms with Crippen LogP contribution in [0.2, 0.25) is 0 Å². The van der Waals surface area contributed by atoms with Gasteiger partial charge in [0.1, 0.15) is 5.75 Å². The molecule has 0 aromatic heterocycles. The fraction of sp³-hybridized carbons (Fsp3) is 0.562. The van der Waals surface area contributed by atoms with Crippen molar-refractivity contribution < 1.29 is 22.7 Å². The molecule has 0 radical (unpaired) electrons. The number of halogens is 3. The molecule has 2 atom stereocenters. The Morgan fingerprint density at radius 3 is 2.87 bits per heavy atom. The molecule has 1 N–H and O–H groups in total. The van der Waals surface area contributed by atoms with Gasteiger partial charge in [0.2, 0.25) is 5.91 Å². The summed E-state index contributed by atoms with van der Waals surface area (Å²) in [5.41, 5.74) is -0.140. The topological polar surface area (TPSA) is 41.6 Å². The molecule has 3 rings (SSSR count). The van der Waals surface area contributed by atoms with Gasteiger partial charge < -0.3 is 10.1 Å². The number of nitrogens with one attached hydrogen (secondary N) is 1. The maximum Gasteiger partial charge on any atom is 0.416 e. The van der Waals surface area contributed by atoms with Gasteiger partial charge in [0, 0.05) is 43.6 Å². The zero-order valence-corrected chi connectivity index (χ0v) is 12.8. The predicted molar refractivity (Wildman–Crippen MR) is 77.9 cm³/mol. The predicted octanol–water partition coefficient (Wildman–Crippen LogP) is 2.42. The molecule has 0 aliphatic carbocycles. The van der Waals surface area contributed by atoms with E-state index in [-0.39, 0.29) is 17.9 Å². The molecule has 4 nitrogen and oxygen atoms in total. The van der Waals surface area contributed by atoms with Gasteiger partial charge in [-0.25, -0.2) is 0 Å². The molecule has 1 aromatic rings. The zero-order chi connectivity index (χ0) is 16.6. The number of rotatable bonds is 3. The van der Waals surface area contributed by atoms with Gasteiger partial charge in [0.25, 0.3) is 0 Å². The van der Waals surface area contributed by atoms with Crippen LogP contribution in [0.3, 0.4) is 0 Å². The van der Waals surface area contributed by atoms with Gasteiger partial charge in [-0.2, -0.15) is 13.2 Å². The third-order valence-electron chi connectivity index (χ3n) is 4.61. The van der Waals surface area contributed by atoms with E-state index in [1.165, 1.54) is 13.2 Å². The number of likely N-dealkylation sites (tertiary alicyclic amines) is 1. The van der Waals surface area contributed by atoms with Gasteiger partial charge in [0.05, 0.1) is 12.7 Å². The van der Waals surface area contributed by atoms with E-state index in [1.54, 1.807) is 0 Å². The number of hydrogen-bond donors (Lipinski definition) is 1. The first-order valence-corrected chi connectivity index (χ1v) is 7.62. The fourth-order valence-corrected chi connectivity index (χ4v) is 3.47. The summed E-state index contributed by atoms with van der Waals surface area (Å²) in [6, 6.07) is 3.77. The third-order valence-corrected chi connectivity index (χ3v) is 4.61. The number of methoxy groups -OCH3 is 1. The number of carbonyl (C=O) groups is 1. The summed E-state index contributed by atoms with van der Waals surface area (Å²) in [5.74, 6) is 0.771. The minimum atomic E-state index is -4.37. The lowest BCUT2D eigenvalue weighted by Gasteiger charge is -2.34. The van der Waals surface area contributed by atoms with Crippen molar-refractivity contribution in [2.45, 2.75) is 31.6 Å². The summed E-state index contributed by atoms with van der Waals surface area (Å²) in [6.45, 7) is 1.86. The second-order valence-electron chi connectivity index (χ2n) is 6.19. The molecule has 7 heteroatoms. The molecule has 0 bridgehead atoms. The van der Waals surface area contributed by atoms with Crippen LogP contribution in [0.25, 0.3) is 0 Å². The average Bonchev–Trinajstić information content (AvgIpc) is 2.85. The van der Waals surface area contributed by atoms with Crippen molar-refractivity contribution in [2.75, 3.05) is 20.2 Å². The lowest BCUT2D eigenvalue weighted by molar-refractivity contribution is -0.137. The molecule has 0 saturated carbocycles. The molecule has 2 fully saturated rings. The Hall–Kier alpha value is -1.76. The van der Waals surface area contributed by atoms with Crippen LogP contribution in [0.5, 0.6) is 5.75 Å². The minimum Gasteiger partial charge on any atom is -0.496 e. The van der Waals surface area contributed by atoms with Crippen molar-refractivity contribution in [1.29, 1.82) is 0 Å². The standard InChI is InChI=1S/C16H19F3N2O2/c1-23-14-3-2-12(16(17,18)19)6-11(14)9-21-5-4-13-10(8-21)7-15(22)20-13/h2-3,6,10,13H,4-5,7-9H2,1H3,(H,20,22)/t10-,13+/m1/s1. The first-order chi connectivity index (χ1) is 10.9. The Balaban J connectivity index is 1.75. The smallest absolute Gasteiger partial charge is 0.416 e. The van der Waals surface area contributed by atoms with Crippen molar-refractivity contribution in [3.8, 4) is 5.75 Å². The van der Waals surface area contributed by atoms with Crippen LogP contribution < -0.4 is 10.1 Å². The van der Waals surface area contributed by atoms with Crippen molar-refractivity contribution in [1.82, 2.24) is 10.2 Å². The second kappa shape index (κ2) is 6.03. The van der Waals surface area contributed by atoms with E-state index in [9.17, 15) is 18.0 Å². The van der Waals surface area contributed by atoms with Crippen LogP contribution in [-0.2, 0) is 17.5 Å². The average molecular weight is 328 g/mol. The van der Waals surface area contributed by atoms with E-state index >= 15 is 0 Å². The van der Waals surface area contributed by atoms with Crippen LogP contribution >= 0.6 is 0 Å². The maximum absolute atomic E-state index is 12.9. The monoisotopic (exact) mass is 328 g/mol. The molecule has 2 aliphatic rings. The summed E-state index contributed by atoms with van der Waals surface area (Å²) < 4.78 is 43.9. The van der Waals surface area contributed by atoms with Gasteiger partial charge in [-0.3, -0.25) is 9.69 Å². The number of ether oxygens (including phenoxy) is 1. The number of fused-ring (bicyclic) bond motifs is 1. The van der Waals surface area contributed by atoms with Crippen molar-refractivity contribution in [3.63, 3.8) is 0 Å². The molecule has 126 valence electrons. The highest BCUT2D eigenvalue weighted by Crippen LogP contribution is 2.34. The van der Waals surface area contributed by atoms with Crippen molar-refractivity contribution in [2.24, 2.45) is 5.92 Å². The minimum absolute atomic E-state index is 0.0681. The maximum atomic E-state index is 12.9. The Morgan fingerprint density at radius 2 is 2.17 bits per heavy atom. The van der Waals surface area contributed by atoms with Crippen LogP contribution in [0, 0.1) is 5.92 Å². The lowest BCUT2D eigenvalue weighted by atomic mass is 9.93. The number of nitrogens with zero attached hydrogens (tertiary/aromatic N) is 1. The molecular weight excluding hydrogens is 309 g/mol. The molecule has 1 aromatic carbocycles. The normalized spacial score (nSPS) is 25.1. The van der Waals surface area contributed by atoms with Crippen LogP contribution in [0.1, 0.15) is 24.0 Å². The Morgan fingerprint density at radius 1 is 1.39 bits per heavy atom. The Kier molecular flexibility index (Phi) is 4.23. The first-order valence-electron chi connectivity index (χ1n) is 7.62. The zero-order valence-electron chi connectivity index (χ0n) is 12.8.